The fourth-order valence-electron chi connectivity index (χ4n) is 2.60. The Morgan fingerprint density at radius 1 is 1.17 bits per heavy atom. The summed E-state index contributed by atoms with van der Waals surface area (Å²) in [5, 5.41) is 4.30. The molecule has 2 rings (SSSR count). The molecule has 1 saturated heterocycles. The van der Waals surface area contributed by atoms with E-state index in [1.807, 2.05) is 13.8 Å². The Kier molecular flexibility index (Phi) is 3.77. The maximum absolute atomic E-state index is 12.6. The SMILES string of the molecule is CCn1nc(C)c(S(=O)(=O)N2CCCCC2)c1C. The first-order chi connectivity index (χ1) is 8.48. The van der Waals surface area contributed by atoms with Crippen LogP contribution >= 0.6 is 0 Å². The van der Waals surface area contributed by atoms with Crippen LogP contribution in [0.15, 0.2) is 4.90 Å². The number of hydrogen-bond acceptors (Lipinski definition) is 3. The van der Waals surface area contributed by atoms with Gasteiger partial charge >= 0.3 is 0 Å². The second-order valence-corrected chi connectivity index (χ2v) is 6.66. The van der Waals surface area contributed by atoms with Crippen molar-refractivity contribution in [3.05, 3.63) is 11.4 Å². The molecule has 1 aromatic rings. The van der Waals surface area contributed by atoms with Gasteiger partial charge in [-0.2, -0.15) is 9.40 Å². The molecule has 0 radical (unpaired) electrons. The van der Waals surface area contributed by atoms with Gasteiger partial charge in [0.05, 0.1) is 11.4 Å². The highest BCUT2D eigenvalue weighted by atomic mass is 32.2. The maximum atomic E-state index is 12.6. The van der Waals surface area contributed by atoms with Crippen LogP contribution < -0.4 is 0 Å². The van der Waals surface area contributed by atoms with Gasteiger partial charge < -0.3 is 0 Å². The molecule has 5 nitrogen and oxygen atoms in total. The van der Waals surface area contributed by atoms with E-state index >= 15 is 0 Å². The van der Waals surface area contributed by atoms with Crippen LogP contribution in [0, 0.1) is 13.8 Å². The van der Waals surface area contributed by atoms with Gasteiger partial charge in [0.25, 0.3) is 0 Å². The van der Waals surface area contributed by atoms with E-state index < -0.39 is 10.0 Å². The average molecular weight is 271 g/mol. The Labute approximate surface area is 109 Å². The fourth-order valence-corrected chi connectivity index (χ4v) is 4.49. The van der Waals surface area contributed by atoms with Gasteiger partial charge in [0.2, 0.25) is 10.0 Å². The number of hydrogen-bond donors (Lipinski definition) is 0. The molecule has 0 N–H and O–H groups in total. The van der Waals surface area contributed by atoms with E-state index in [-0.39, 0.29) is 0 Å². The lowest BCUT2D eigenvalue weighted by atomic mass is 10.2. The first-order valence-electron chi connectivity index (χ1n) is 6.52. The number of aryl methyl sites for hydroxylation is 2. The molecule has 6 heteroatoms. The van der Waals surface area contributed by atoms with E-state index in [2.05, 4.69) is 5.10 Å². The van der Waals surface area contributed by atoms with Crippen molar-refractivity contribution in [3.8, 4) is 0 Å². The van der Waals surface area contributed by atoms with Crippen LogP contribution in [0.25, 0.3) is 0 Å². The molecule has 0 amide bonds. The molecule has 1 aliphatic heterocycles. The molecular weight excluding hydrogens is 250 g/mol. The normalized spacial score (nSPS) is 18.2. The first kappa shape index (κ1) is 13.5. The molecule has 0 saturated carbocycles. The highest BCUT2D eigenvalue weighted by Crippen LogP contribution is 2.25. The zero-order chi connectivity index (χ0) is 13.3. The van der Waals surface area contributed by atoms with Gasteiger partial charge in [0.1, 0.15) is 4.90 Å². The van der Waals surface area contributed by atoms with Gasteiger partial charge in [-0.05, 0) is 33.6 Å². The number of rotatable bonds is 3. The van der Waals surface area contributed by atoms with Crippen LogP contribution in [0.5, 0.6) is 0 Å². The number of aromatic nitrogens is 2. The third-order valence-electron chi connectivity index (χ3n) is 3.53. The second-order valence-electron chi connectivity index (χ2n) is 4.78. The van der Waals surface area contributed by atoms with Crippen LogP contribution in [-0.4, -0.2) is 35.6 Å². The smallest absolute Gasteiger partial charge is 0.246 e. The predicted molar refractivity (Wildman–Crippen MR) is 70.0 cm³/mol. The van der Waals surface area contributed by atoms with Crippen LogP contribution in [0.2, 0.25) is 0 Å². The standard InChI is InChI=1S/C12H21N3O2S/c1-4-15-11(3)12(10(2)13-15)18(16,17)14-8-6-5-7-9-14/h4-9H2,1-3H3. The summed E-state index contributed by atoms with van der Waals surface area (Å²) in [5.74, 6) is 0. The highest BCUT2D eigenvalue weighted by Gasteiger charge is 2.31. The van der Waals surface area contributed by atoms with Gasteiger partial charge in [-0.25, -0.2) is 8.42 Å². The van der Waals surface area contributed by atoms with E-state index in [0.717, 1.165) is 25.0 Å². The third kappa shape index (κ3) is 2.19. The lowest BCUT2D eigenvalue weighted by molar-refractivity contribution is 0.346. The summed E-state index contributed by atoms with van der Waals surface area (Å²) in [4.78, 5) is 0.409. The predicted octanol–water partition coefficient (Wildman–Crippen LogP) is 1.69. The Morgan fingerprint density at radius 2 is 1.78 bits per heavy atom. The Hall–Kier alpha value is -0.880. The second kappa shape index (κ2) is 5.01. The Balaban J connectivity index is 2.43. The molecule has 0 aliphatic carbocycles. The van der Waals surface area contributed by atoms with Crippen molar-refractivity contribution in [2.75, 3.05) is 13.1 Å². The first-order valence-corrected chi connectivity index (χ1v) is 7.96. The minimum atomic E-state index is -3.36. The summed E-state index contributed by atoms with van der Waals surface area (Å²) in [6.45, 7) is 7.55. The summed E-state index contributed by atoms with van der Waals surface area (Å²) < 4.78 is 28.6. The third-order valence-corrected chi connectivity index (χ3v) is 5.68. The molecule has 18 heavy (non-hydrogen) atoms. The Morgan fingerprint density at radius 3 is 2.28 bits per heavy atom. The van der Waals surface area contributed by atoms with Gasteiger partial charge in [-0.1, -0.05) is 6.42 Å². The van der Waals surface area contributed by atoms with Gasteiger partial charge in [0, 0.05) is 19.6 Å². The number of piperidine rings is 1. The zero-order valence-corrected chi connectivity index (χ0v) is 12.1. The van der Waals surface area contributed by atoms with E-state index in [1.54, 1.807) is 15.9 Å². The minimum Gasteiger partial charge on any atom is -0.268 e. The minimum absolute atomic E-state index is 0.409. The largest absolute Gasteiger partial charge is 0.268 e. The van der Waals surface area contributed by atoms with Gasteiger partial charge in [-0.15, -0.1) is 0 Å². The monoisotopic (exact) mass is 271 g/mol. The molecule has 1 aromatic heterocycles. The topological polar surface area (TPSA) is 55.2 Å². The van der Waals surface area contributed by atoms with E-state index in [0.29, 0.717) is 30.2 Å². The van der Waals surface area contributed by atoms with Crippen LogP contribution in [0.3, 0.4) is 0 Å². The van der Waals surface area contributed by atoms with Crippen molar-refractivity contribution in [2.45, 2.75) is 51.5 Å². The molecule has 0 atom stereocenters. The van der Waals surface area contributed by atoms with Crippen molar-refractivity contribution in [3.63, 3.8) is 0 Å². The molecule has 0 aromatic carbocycles. The van der Waals surface area contributed by atoms with E-state index in [1.165, 1.54) is 0 Å². The molecule has 102 valence electrons. The van der Waals surface area contributed by atoms with Crippen LogP contribution in [0.1, 0.15) is 37.6 Å². The molecular formula is C12H21N3O2S. The highest BCUT2D eigenvalue weighted by molar-refractivity contribution is 7.89. The lowest BCUT2D eigenvalue weighted by Crippen LogP contribution is -2.36. The summed E-state index contributed by atoms with van der Waals surface area (Å²) >= 11 is 0. The van der Waals surface area contributed by atoms with Crippen molar-refractivity contribution in [2.24, 2.45) is 0 Å². The molecule has 2 heterocycles. The van der Waals surface area contributed by atoms with Gasteiger partial charge in [0.15, 0.2) is 0 Å². The molecule has 1 aliphatic rings. The van der Waals surface area contributed by atoms with Gasteiger partial charge in [-0.3, -0.25) is 4.68 Å². The van der Waals surface area contributed by atoms with E-state index in [9.17, 15) is 8.42 Å². The maximum Gasteiger partial charge on any atom is 0.246 e. The zero-order valence-electron chi connectivity index (χ0n) is 11.3. The molecule has 0 bridgehead atoms. The van der Waals surface area contributed by atoms with Crippen molar-refractivity contribution in [1.29, 1.82) is 0 Å². The summed E-state index contributed by atoms with van der Waals surface area (Å²) in [5.41, 5.74) is 1.36. The molecule has 1 fully saturated rings. The van der Waals surface area contributed by atoms with E-state index in [4.69, 9.17) is 0 Å². The Bertz CT molecular complexity index is 528. The number of nitrogens with zero attached hydrogens (tertiary/aromatic N) is 3. The van der Waals surface area contributed by atoms with Crippen LogP contribution in [0.4, 0.5) is 0 Å². The van der Waals surface area contributed by atoms with Crippen molar-refractivity contribution in [1.82, 2.24) is 14.1 Å². The summed E-state index contributed by atoms with van der Waals surface area (Å²) in [6.07, 6.45) is 3.04. The van der Waals surface area contributed by atoms with Crippen molar-refractivity contribution < 1.29 is 8.42 Å². The number of sulfonamides is 1. The van der Waals surface area contributed by atoms with Crippen LogP contribution in [-0.2, 0) is 16.6 Å². The summed E-state index contributed by atoms with van der Waals surface area (Å²) in [7, 11) is -3.36. The average Bonchev–Trinajstić information content (AvgIpc) is 2.65. The lowest BCUT2D eigenvalue weighted by Gasteiger charge is -2.25. The quantitative estimate of drug-likeness (QED) is 0.840. The summed E-state index contributed by atoms with van der Waals surface area (Å²) in [6, 6.07) is 0. The fraction of sp³-hybridized carbons (Fsp3) is 0.750. The van der Waals surface area contributed by atoms with Crippen molar-refractivity contribution >= 4 is 10.0 Å². The molecule has 0 unspecified atom stereocenters. The molecule has 0 spiro atoms.